The van der Waals surface area contributed by atoms with E-state index in [1.807, 2.05) is 0 Å². The van der Waals surface area contributed by atoms with Gasteiger partial charge in [-0.2, -0.15) is 5.10 Å². The molecule has 4 unspecified atom stereocenters. The Morgan fingerprint density at radius 1 is 1.12 bits per heavy atom. The van der Waals surface area contributed by atoms with Gasteiger partial charge in [-0.25, -0.2) is 9.29 Å². The van der Waals surface area contributed by atoms with E-state index in [0.29, 0.717) is 6.54 Å². The van der Waals surface area contributed by atoms with Crippen LogP contribution in [-0.4, -0.2) is 33.8 Å². The van der Waals surface area contributed by atoms with Crippen LogP contribution in [0.15, 0.2) is 30.5 Å². The lowest BCUT2D eigenvalue weighted by Crippen LogP contribution is -2.34. The van der Waals surface area contributed by atoms with Gasteiger partial charge in [-0.05, 0) is 30.5 Å². The zero-order valence-electron chi connectivity index (χ0n) is 13.6. The zero-order valence-corrected chi connectivity index (χ0v) is 14.4. The maximum absolute atomic E-state index is 13.0. The first kappa shape index (κ1) is 16.0. The molecule has 2 bridgehead atoms. The van der Waals surface area contributed by atoms with E-state index in [-0.39, 0.29) is 40.7 Å². The van der Waals surface area contributed by atoms with Crippen molar-refractivity contribution >= 4 is 29.2 Å². The Bertz CT molecular complexity index is 885. The van der Waals surface area contributed by atoms with Crippen LogP contribution in [0.1, 0.15) is 18.4 Å². The maximum atomic E-state index is 13.0. The van der Waals surface area contributed by atoms with Crippen molar-refractivity contribution in [1.29, 1.82) is 0 Å². The molecule has 134 valence electrons. The number of amides is 2. The molecule has 1 aromatic carbocycles. The van der Waals surface area contributed by atoms with Crippen LogP contribution in [0.4, 0.5) is 10.2 Å². The highest BCUT2D eigenvalue weighted by atomic mass is 35.5. The molecule has 4 atom stereocenters. The summed E-state index contributed by atoms with van der Waals surface area (Å²) in [6.45, 7) is 0.359. The largest absolute Gasteiger partial charge is 0.373 e. The first-order valence-electron chi connectivity index (χ1n) is 8.53. The number of anilines is 1. The first-order valence-corrected chi connectivity index (χ1v) is 8.91. The topological polar surface area (TPSA) is 64.4 Å². The van der Waals surface area contributed by atoms with Gasteiger partial charge in [0.1, 0.15) is 10.8 Å². The molecule has 0 spiro atoms. The van der Waals surface area contributed by atoms with Crippen LogP contribution in [0.5, 0.6) is 0 Å². The van der Waals surface area contributed by atoms with E-state index < -0.39 is 11.8 Å². The number of ether oxygens (including phenoxy) is 1. The summed E-state index contributed by atoms with van der Waals surface area (Å²) in [7, 11) is 0. The SMILES string of the molecule is O=C1C2C3CCC(O3)C2C(=O)N1c1nn(Cc2ccc(F)cc2)cc1Cl. The normalized spacial score (nSPS) is 29.7. The van der Waals surface area contributed by atoms with Gasteiger partial charge in [0.25, 0.3) is 0 Å². The Balaban J connectivity index is 1.44. The molecular formula is C18H15ClFN3O3. The standard InChI is InChI=1S/C18H15ClFN3O3/c19-11-8-22(7-9-1-3-10(20)4-2-9)21-16(11)23-17(24)14-12-5-6-13(26-12)15(14)18(23)25/h1-4,8,12-15H,5-7H2. The molecule has 4 heterocycles. The fourth-order valence-electron chi connectivity index (χ4n) is 4.32. The second-order valence-corrected chi connectivity index (χ2v) is 7.39. The minimum atomic E-state index is -0.417. The van der Waals surface area contributed by atoms with Gasteiger partial charge in [-0.1, -0.05) is 23.7 Å². The first-order chi connectivity index (χ1) is 12.5. The van der Waals surface area contributed by atoms with Crippen LogP contribution >= 0.6 is 11.6 Å². The molecule has 8 heteroatoms. The molecule has 0 saturated carbocycles. The number of rotatable bonds is 3. The summed E-state index contributed by atoms with van der Waals surface area (Å²) in [5.41, 5.74) is 0.833. The highest BCUT2D eigenvalue weighted by Crippen LogP contribution is 2.49. The monoisotopic (exact) mass is 375 g/mol. The molecular weight excluding hydrogens is 361 g/mol. The lowest BCUT2D eigenvalue weighted by Gasteiger charge is -2.15. The number of hydrogen-bond donors (Lipinski definition) is 0. The number of nitrogens with zero attached hydrogens (tertiary/aromatic N) is 3. The van der Waals surface area contributed by atoms with E-state index >= 15 is 0 Å². The van der Waals surface area contributed by atoms with E-state index in [1.165, 1.54) is 12.1 Å². The zero-order chi connectivity index (χ0) is 18.0. The van der Waals surface area contributed by atoms with Crippen LogP contribution in [0.3, 0.4) is 0 Å². The van der Waals surface area contributed by atoms with Gasteiger partial charge < -0.3 is 4.74 Å². The summed E-state index contributed by atoms with van der Waals surface area (Å²) >= 11 is 6.27. The van der Waals surface area contributed by atoms with Crippen LogP contribution in [0, 0.1) is 17.7 Å². The van der Waals surface area contributed by atoms with Crippen molar-refractivity contribution in [1.82, 2.24) is 9.78 Å². The summed E-state index contributed by atoms with van der Waals surface area (Å²) in [5.74, 6) is -1.54. The minimum absolute atomic E-state index is 0.164. The number of carbonyl (C=O) groups excluding carboxylic acids is 2. The Labute approximate surface area is 153 Å². The highest BCUT2D eigenvalue weighted by molar-refractivity contribution is 6.35. The van der Waals surface area contributed by atoms with Gasteiger partial charge in [0.15, 0.2) is 5.82 Å². The second kappa shape index (κ2) is 5.62. The predicted octanol–water partition coefficient (Wildman–Crippen LogP) is 2.39. The Morgan fingerprint density at radius 2 is 1.73 bits per heavy atom. The number of benzene rings is 1. The Morgan fingerprint density at radius 3 is 2.35 bits per heavy atom. The van der Waals surface area contributed by atoms with E-state index in [0.717, 1.165) is 23.3 Å². The number of halogens is 2. The van der Waals surface area contributed by atoms with Gasteiger partial charge in [-0.15, -0.1) is 0 Å². The minimum Gasteiger partial charge on any atom is -0.373 e. The van der Waals surface area contributed by atoms with Crippen LogP contribution in [-0.2, 0) is 20.9 Å². The van der Waals surface area contributed by atoms with Crippen molar-refractivity contribution in [3.8, 4) is 0 Å². The van der Waals surface area contributed by atoms with E-state index in [2.05, 4.69) is 5.10 Å². The highest BCUT2D eigenvalue weighted by Gasteiger charge is 2.63. The fraction of sp³-hybridized carbons (Fsp3) is 0.389. The van der Waals surface area contributed by atoms with Gasteiger partial charge in [0.2, 0.25) is 11.8 Å². The van der Waals surface area contributed by atoms with Crippen molar-refractivity contribution in [3.05, 3.63) is 46.9 Å². The van der Waals surface area contributed by atoms with E-state index in [1.54, 1.807) is 23.0 Å². The van der Waals surface area contributed by atoms with Crippen LogP contribution in [0.25, 0.3) is 0 Å². The number of hydrogen-bond acceptors (Lipinski definition) is 4. The molecule has 3 saturated heterocycles. The molecule has 26 heavy (non-hydrogen) atoms. The molecule has 2 amide bonds. The van der Waals surface area contributed by atoms with Crippen molar-refractivity contribution in [3.63, 3.8) is 0 Å². The molecule has 2 aromatic rings. The lowest BCUT2D eigenvalue weighted by molar-refractivity contribution is -0.124. The fourth-order valence-corrected chi connectivity index (χ4v) is 4.55. The quantitative estimate of drug-likeness (QED) is 0.773. The van der Waals surface area contributed by atoms with Gasteiger partial charge in [0.05, 0.1) is 30.6 Å². The number of imide groups is 1. The van der Waals surface area contributed by atoms with E-state index in [4.69, 9.17) is 16.3 Å². The third-order valence-electron chi connectivity index (χ3n) is 5.45. The van der Waals surface area contributed by atoms with Crippen molar-refractivity contribution in [2.45, 2.75) is 31.6 Å². The smallest absolute Gasteiger partial charge is 0.241 e. The van der Waals surface area contributed by atoms with Crippen LogP contribution in [0.2, 0.25) is 5.02 Å². The molecule has 3 aliphatic rings. The molecule has 0 N–H and O–H groups in total. The van der Waals surface area contributed by atoms with Crippen molar-refractivity contribution < 1.29 is 18.7 Å². The molecule has 3 aliphatic heterocycles. The summed E-state index contributed by atoms with van der Waals surface area (Å²) in [4.78, 5) is 26.8. The van der Waals surface area contributed by atoms with Gasteiger partial charge in [0, 0.05) is 6.20 Å². The summed E-state index contributed by atoms with van der Waals surface area (Å²) < 4.78 is 20.3. The maximum Gasteiger partial charge on any atom is 0.241 e. The molecule has 6 nitrogen and oxygen atoms in total. The van der Waals surface area contributed by atoms with Gasteiger partial charge in [-0.3, -0.25) is 14.3 Å². The second-order valence-electron chi connectivity index (χ2n) is 6.98. The van der Waals surface area contributed by atoms with Crippen LogP contribution < -0.4 is 4.90 Å². The summed E-state index contributed by atoms with van der Waals surface area (Å²) in [5, 5.41) is 4.58. The van der Waals surface area contributed by atoms with Crippen molar-refractivity contribution in [2.24, 2.45) is 11.8 Å². The molecule has 0 radical (unpaired) electrons. The summed E-state index contributed by atoms with van der Waals surface area (Å²) in [6.07, 6.45) is 2.84. The molecule has 1 aromatic heterocycles. The predicted molar refractivity (Wildman–Crippen MR) is 90.1 cm³/mol. The van der Waals surface area contributed by atoms with Gasteiger partial charge >= 0.3 is 0 Å². The summed E-state index contributed by atoms with van der Waals surface area (Å²) in [6, 6.07) is 6.03. The third kappa shape index (κ3) is 2.23. The molecule has 0 aliphatic carbocycles. The Hall–Kier alpha value is -2.25. The lowest BCUT2D eigenvalue weighted by atomic mass is 9.81. The average molecular weight is 376 g/mol. The third-order valence-corrected chi connectivity index (χ3v) is 5.72. The van der Waals surface area contributed by atoms with E-state index in [9.17, 15) is 14.0 Å². The number of fused-ring (bicyclic) bond motifs is 5. The molecule has 3 fully saturated rings. The van der Waals surface area contributed by atoms with Crippen molar-refractivity contribution in [2.75, 3.05) is 4.90 Å². The number of aromatic nitrogens is 2. The Kier molecular flexibility index (Phi) is 3.45. The number of carbonyl (C=O) groups is 2. The molecule has 5 rings (SSSR count). The average Bonchev–Trinajstić information content (AvgIpc) is 3.35.